The van der Waals surface area contributed by atoms with Crippen LogP contribution in [0.4, 0.5) is 0 Å². The SMILES string of the molecule is Cc1nc(Cc2ccccc2)cc([C@@H]2CCCN2)n1. The number of benzene rings is 1. The second-order valence-corrected chi connectivity index (χ2v) is 5.14. The van der Waals surface area contributed by atoms with Gasteiger partial charge in [0.05, 0.1) is 5.69 Å². The molecule has 0 amide bonds. The van der Waals surface area contributed by atoms with Crippen LogP contribution in [0.25, 0.3) is 0 Å². The first-order chi connectivity index (χ1) is 9.31. The van der Waals surface area contributed by atoms with Crippen molar-refractivity contribution in [2.75, 3.05) is 6.54 Å². The average molecular weight is 253 g/mol. The van der Waals surface area contributed by atoms with E-state index < -0.39 is 0 Å². The molecule has 1 aliphatic heterocycles. The predicted octanol–water partition coefficient (Wildman–Crippen LogP) is 2.80. The van der Waals surface area contributed by atoms with Gasteiger partial charge in [-0.25, -0.2) is 9.97 Å². The molecule has 3 rings (SSSR count). The van der Waals surface area contributed by atoms with E-state index in [0.717, 1.165) is 30.2 Å². The van der Waals surface area contributed by atoms with Crippen molar-refractivity contribution in [2.45, 2.75) is 32.2 Å². The molecule has 1 fully saturated rings. The second-order valence-electron chi connectivity index (χ2n) is 5.14. The maximum atomic E-state index is 4.58. The molecule has 0 saturated carbocycles. The van der Waals surface area contributed by atoms with E-state index in [1.165, 1.54) is 18.4 Å². The van der Waals surface area contributed by atoms with E-state index in [-0.39, 0.29) is 0 Å². The van der Waals surface area contributed by atoms with Gasteiger partial charge in [-0.2, -0.15) is 0 Å². The van der Waals surface area contributed by atoms with Gasteiger partial charge >= 0.3 is 0 Å². The quantitative estimate of drug-likeness (QED) is 0.914. The van der Waals surface area contributed by atoms with Crippen LogP contribution in [0.3, 0.4) is 0 Å². The van der Waals surface area contributed by atoms with E-state index in [0.29, 0.717) is 6.04 Å². The first kappa shape index (κ1) is 12.3. The van der Waals surface area contributed by atoms with Gasteiger partial charge in [-0.3, -0.25) is 0 Å². The first-order valence-corrected chi connectivity index (χ1v) is 6.93. The first-order valence-electron chi connectivity index (χ1n) is 6.93. The topological polar surface area (TPSA) is 37.8 Å². The molecule has 1 aromatic carbocycles. The summed E-state index contributed by atoms with van der Waals surface area (Å²) in [5, 5.41) is 3.50. The lowest BCUT2D eigenvalue weighted by atomic mass is 10.1. The van der Waals surface area contributed by atoms with Crippen LogP contribution in [0.2, 0.25) is 0 Å². The minimum absolute atomic E-state index is 0.413. The highest BCUT2D eigenvalue weighted by Gasteiger charge is 2.18. The van der Waals surface area contributed by atoms with Gasteiger partial charge in [0.15, 0.2) is 0 Å². The zero-order valence-electron chi connectivity index (χ0n) is 11.3. The molecule has 2 heterocycles. The number of nitrogens with one attached hydrogen (secondary N) is 1. The number of aryl methyl sites for hydroxylation is 1. The normalized spacial score (nSPS) is 18.7. The Hall–Kier alpha value is -1.74. The molecule has 1 saturated heterocycles. The number of hydrogen-bond acceptors (Lipinski definition) is 3. The molecular formula is C16H19N3. The van der Waals surface area contributed by atoms with E-state index in [2.05, 4.69) is 45.6 Å². The van der Waals surface area contributed by atoms with Crippen molar-refractivity contribution in [3.63, 3.8) is 0 Å². The Morgan fingerprint density at radius 1 is 1.21 bits per heavy atom. The molecule has 3 heteroatoms. The van der Waals surface area contributed by atoms with E-state index in [9.17, 15) is 0 Å². The van der Waals surface area contributed by atoms with Crippen LogP contribution in [-0.4, -0.2) is 16.5 Å². The Kier molecular flexibility index (Phi) is 3.56. The van der Waals surface area contributed by atoms with Crippen molar-refractivity contribution in [3.05, 3.63) is 59.2 Å². The fraction of sp³-hybridized carbons (Fsp3) is 0.375. The van der Waals surface area contributed by atoms with Crippen LogP contribution in [0, 0.1) is 6.92 Å². The minimum Gasteiger partial charge on any atom is -0.309 e. The molecule has 0 aliphatic carbocycles. The number of aromatic nitrogens is 2. The summed E-state index contributed by atoms with van der Waals surface area (Å²) in [5.41, 5.74) is 3.56. The molecule has 3 nitrogen and oxygen atoms in total. The molecule has 0 spiro atoms. The average Bonchev–Trinajstić information content (AvgIpc) is 2.93. The summed E-state index contributed by atoms with van der Waals surface area (Å²) in [4.78, 5) is 9.15. The molecular weight excluding hydrogens is 234 g/mol. The standard InChI is InChI=1S/C16H19N3/c1-12-18-14(10-13-6-3-2-4-7-13)11-16(19-12)15-8-5-9-17-15/h2-4,6-7,11,15,17H,5,8-10H2,1H3/t15-/m0/s1. The predicted molar refractivity (Wildman–Crippen MR) is 76.0 cm³/mol. The van der Waals surface area contributed by atoms with Crippen LogP contribution in [0.15, 0.2) is 36.4 Å². The van der Waals surface area contributed by atoms with E-state index in [4.69, 9.17) is 0 Å². The fourth-order valence-corrected chi connectivity index (χ4v) is 2.67. The van der Waals surface area contributed by atoms with Gasteiger partial charge in [-0.05, 0) is 37.9 Å². The molecule has 0 bridgehead atoms. The Morgan fingerprint density at radius 2 is 2.05 bits per heavy atom. The van der Waals surface area contributed by atoms with Crippen molar-refractivity contribution in [1.29, 1.82) is 0 Å². The number of nitrogens with zero attached hydrogens (tertiary/aromatic N) is 2. The van der Waals surface area contributed by atoms with Crippen molar-refractivity contribution >= 4 is 0 Å². The van der Waals surface area contributed by atoms with Crippen LogP contribution in [0.5, 0.6) is 0 Å². The summed E-state index contributed by atoms with van der Waals surface area (Å²) >= 11 is 0. The van der Waals surface area contributed by atoms with Crippen LogP contribution >= 0.6 is 0 Å². The molecule has 2 aromatic rings. The monoisotopic (exact) mass is 253 g/mol. The summed E-state index contributed by atoms with van der Waals surface area (Å²) < 4.78 is 0. The smallest absolute Gasteiger partial charge is 0.125 e. The second kappa shape index (κ2) is 5.49. The summed E-state index contributed by atoms with van der Waals surface area (Å²) in [6.07, 6.45) is 3.30. The Bertz CT molecular complexity index is 545. The highest BCUT2D eigenvalue weighted by Crippen LogP contribution is 2.22. The maximum absolute atomic E-state index is 4.58. The summed E-state index contributed by atoms with van der Waals surface area (Å²) in [6.45, 7) is 3.08. The molecule has 98 valence electrons. The van der Waals surface area contributed by atoms with Gasteiger partial charge in [-0.1, -0.05) is 30.3 Å². The van der Waals surface area contributed by atoms with Gasteiger partial charge in [0.25, 0.3) is 0 Å². The highest BCUT2D eigenvalue weighted by molar-refractivity contribution is 5.24. The molecule has 1 aliphatic rings. The van der Waals surface area contributed by atoms with E-state index in [1.54, 1.807) is 0 Å². The van der Waals surface area contributed by atoms with Gasteiger partial charge in [0, 0.05) is 18.2 Å². The lowest BCUT2D eigenvalue weighted by molar-refractivity contribution is 0.620. The van der Waals surface area contributed by atoms with Gasteiger partial charge in [0.2, 0.25) is 0 Å². The molecule has 0 unspecified atom stereocenters. The lowest BCUT2D eigenvalue weighted by Crippen LogP contribution is -2.15. The third-order valence-electron chi connectivity index (χ3n) is 3.56. The zero-order chi connectivity index (χ0) is 13.1. The number of hydrogen-bond donors (Lipinski definition) is 1. The largest absolute Gasteiger partial charge is 0.309 e. The van der Waals surface area contributed by atoms with Gasteiger partial charge < -0.3 is 5.32 Å². The Labute approximate surface area is 114 Å². The van der Waals surface area contributed by atoms with Crippen LogP contribution in [0.1, 0.15) is 41.7 Å². The molecule has 0 radical (unpaired) electrons. The Morgan fingerprint density at radius 3 is 2.79 bits per heavy atom. The maximum Gasteiger partial charge on any atom is 0.125 e. The van der Waals surface area contributed by atoms with Crippen molar-refractivity contribution < 1.29 is 0 Å². The fourth-order valence-electron chi connectivity index (χ4n) is 2.67. The summed E-state index contributed by atoms with van der Waals surface area (Å²) in [5.74, 6) is 0.872. The summed E-state index contributed by atoms with van der Waals surface area (Å²) in [6, 6.07) is 13.0. The molecule has 19 heavy (non-hydrogen) atoms. The minimum atomic E-state index is 0.413. The lowest BCUT2D eigenvalue weighted by Gasteiger charge is -2.12. The zero-order valence-corrected chi connectivity index (χ0v) is 11.3. The summed E-state index contributed by atoms with van der Waals surface area (Å²) in [7, 11) is 0. The van der Waals surface area contributed by atoms with Crippen molar-refractivity contribution in [1.82, 2.24) is 15.3 Å². The van der Waals surface area contributed by atoms with Crippen LogP contribution in [-0.2, 0) is 6.42 Å². The van der Waals surface area contributed by atoms with Gasteiger partial charge in [-0.15, -0.1) is 0 Å². The Balaban J connectivity index is 1.85. The molecule has 1 N–H and O–H groups in total. The van der Waals surface area contributed by atoms with E-state index >= 15 is 0 Å². The molecule has 1 atom stereocenters. The third kappa shape index (κ3) is 2.99. The van der Waals surface area contributed by atoms with E-state index in [1.807, 2.05) is 13.0 Å². The number of rotatable bonds is 3. The third-order valence-corrected chi connectivity index (χ3v) is 3.56. The molecule has 1 aromatic heterocycles. The highest BCUT2D eigenvalue weighted by atomic mass is 15.0. The van der Waals surface area contributed by atoms with Crippen molar-refractivity contribution in [3.8, 4) is 0 Å². The van der Waals surface area contributed by atoms with Crippen LogP contribution < -0.4 is 5.32 Å². The van der Waals surface area contributed by atoms with Crippen molar-refractivity contribution in [2.24, 2.45) is 0 Å². The van der Waals surface area contributed by atoms with Gasteiger partial charge in [0.1, 0.15) is 5.82 Å².